The van der Waals surface area contributed by atoms with Crippen molar-refractivity contribution in [3.63, 3.8) is 0 Å². The summed E-state index contributed by atoms with van der Waals surface area (Å²) in [6.45, 7) is 6.70. The van der Waals surface area contributed by atoms with Crippen LogP contribution in [-0.2, 0) is 7.05 Å². The summed E-state index contributed by atoms with van der Waals surface area (Å²) < 4.78 is 4.54. The van der Waals surface area contributed by atoms with Gasteiger partial charge in [-0.2, -0.15) is 4.57 Å². The first kappa shape index (κ1) is 18.2. The molecule has 4 aromatic rings. The van der Waals surface area contributed by atoms with Crippen molar-refractivity contribution in [2.75, 3.05) is 0 Å². The zero-order valence-corrected chi connectivity index (χ0v) is 17.1. The molecule has 0 fully saturated rings. The highest BCUT2D eigenvalue weighted by Gasteiger charge is 2.23. The molecule has 2 nitrogen and oxygen atoms in total. The van der Waals surface area contributed by atoms with Gasteiger partial charge in [-0.15, -0.1) is 0 Å². The van der Waals surface area contributed by atoms with Crippen LogP contribution < -0.4 is 4.57 Å². The molecule has 0 aliphatic carbocycles. The maximum absolute atomic E-state index is 2.33. The van der Waals surface area contributed by atoms with Crippen LogP contribution in [0.5, 0.6) is 0 Å². The molecule has 3 aromatic carbocycles. The van der Waals surface area contributed by atoms with E-state index in [1.54, 1.807) is 0 Å². The van der Waals surface area contributed by atoms with Gasteiger partial charge in [-0.3, -0.25) is 0 Å². The van der Waals surface area contributed by atoms with Crippen molar-refractivity contribution < 1.29 is 4.57 Å². The second-order valence-corrected chi connectivity index (χ2v) is 7.71. The van der Waals surface area contributed by atoms with Gasteiger partial charge in [0.15, 0.2) is 0 Å². The third kappa shape index (κ3) is 3.27. The quantitative estimate of drug-likeness (QED) is 0.387. The maximum Gasteiger partial charge on any atom is 0.294 e. The fourth-order valence-electron chi connectivity index (χ4n) is 3.86. The lowest BCUT2D eigenvalue weighted by molar-refractivity contribution is -0.659. The number of aryl methyl sites for hydroxylation is 2. The molecule has 0 saturated heterocycles. The van der Waals surface area contributed by atoms with Crippen molar-refractivity contribution in [1.82, 2.24) is 4.57 Å². The van der Waals surface area contributed by atoms with E-state index in [-0.39, 0.29) is 0 Å². The van der Waals surface area contributed by atoms with Crippen LogP contribution in [0.1, 0.15) is 30.9 Å². The average molecular weight is 368 g/mol. The number of imidazole rings is 1. The minimum atomic E-state index is 0.466. The highest BCUT2D eigenvalue weighted by atomic mass is 15.1. The second kappa shape index (κ2) is 7.47. The van der Waals surface area contributed by atoms with Crippen LogP contribution >= 0.6 is 0 Å². The third-order valence-corrected chi connectivity index (χ3v) is 5.41. The number of para-hydroxylation sites is 1. The minimum absolute atomic E-state index is 0.466. The molecule has 1 aromatic heterocycles. The van der Waals surface area contributed by atoms with Crippen molar-refractivity contribution in [1.29, 1.82) is 0 Å². The number of benzene rings is 3. The lowest BCUT2D eigenvalue weighted by Crippen LogP contribution is -2.29. The Morgan fingerprint density at radius 3 is 2.29 bits per heavy atom. The minimum Gasteiger partial charge on any atom is -0.232 e. The summed E-state index contributed by atoms with van der Waals surface area (Å²) in [6, 6.07) is 26.0. The molecule has 0 aliphatic heterocycles. The number of nitrogens with zero attached hydrogens (tertiary/aromatic N) is 2. The van der Waals surface area contributed by atoms with Gasteiger partial charge in [0.25, 0.3) is 5.82 Å². The Labute approximate surface area is 167 Å². The Balaban J connectivity index is 1.92. The SMILES string of the molecule is Cc1ccc(-c2ccccc2)cc1-c1n(-c2ccccc2C(C)C)cc[n+]1C. The fraction of sp³-hybridized carbons (Fsp3) is 0.192. The van der Waals surface area contributed by atoms with Gasteiger partial charge in [0.1, 0.15) is 18.1 Å². The maximum atomic E-state index is 2.33. The van der Waals surface area contributed by atoms with E-state index in [0.717, 1.165) is 0 Å². The molecule has 0 atom stereocenters. The molecule has 0 unspecified atom stereocenters. The second-order valence-electron chi connectivity index (χ2n) is 7.71. The van der Waals surface area contributed by atoms with Crippen molar-refractivity contribution in [2.24, 2.45) is 7.05 Å². The summed E-state index contributed by atoms with van der Waals surface area (Å²) in [5.41, 5.74) is 7.62. The summed E-state index contributed by atoms with van der Waals surface area (Å²) in [7, 11) is 2.12. The predicted octanol–water partition coefficient (Wildman–Crippen LogP) is 6.07. The standard InChI is InChI=1S/C26H27N2/c1-19(2)23-12-8-9-13-25(23)28-17-16-27(4)26(28)24-18-22(15-14-20(24)3)21-10-6-5-7-11-21/h5-19H,1-4H3/q+1. The first-order chi connectivity index (χ1) is 13.6. The van der Waals surface area contributed by atoms with Gasteiger partial charge in [-0.05, 0) is 41.7 Å². The molecule has 28 heavy (non-hydrogen) atoms. The lowest BCUT2D eigenvalue weighted by atomic mass is 9.98. The summed E-state index contributed by atoms with van der Waals surface area (Å²) in [6.07, 6.45) is 4.31. The molecule has 1 heterocycles. The normalized spacial score (nSPS) is 11.2. The van der Waals surface area contributed by atoms with Crippen LogP contribution in [0.2, 0.25) is 0 Å². The molecule has 0 aliphatic rings. The first-order valence-electron chi connectivity index (χ1n) is 9.89. The van der Waals surface area contributed by atoms with Crippen molar-refractivity contribution in [2.45, 2.75) is 26.7 Å². The Morgan fingerprint density at radius 2 is 1.54 bits per heavy atom. The Kier molecular flexibility index (Phi) is 4.87. The third-order valence-electron chi connectivity index (χ3n) is 5.41. The molecule has 0 radical (unpaired) electrons. The molecule has 0 saturated carbocycles. The lowest BCUT2D eigenvalue weighted by Gasteiger charge is -2.13. The van der Waals surface area contributed by atoms with Crippen LogP contribution in [0.4, 0.5) is 0 Å². The van der Waals surface area contributed by atoms with Crippen LogP contribution in [-0.4, -0.2) is 4.57 Å². The smallest absolute Gasteiger partial charge is 0.232 e. The van der Waals surface area contributed by atoms with Gasteiger partial charge in [0, 0.05) is 5.56 Å². The van der Waals surface area contributed by atoms with Crippen molar-refractivity contribution in [3.8, 4) is 28.2 Å². The van der Waals surface area contributed by atoms with Gasteiger partial charge in [0.2, 0.25) is 0 Å². The van der Waals surface area contributed by atoms with E-state index in [1.165, 1.54) is 39.3 Å². The van der Waals surface area contributed by atoms with E-state index in [0.29, 0.717) is 5.92 Å². The number of rotatable bonds is 4. The van der Waals surface area contributed by atoms with Gasteiger partial charge < -0.3 is 0 Å². The molecular weight excluding hydrogens is 340 g/mol. The number of hydrogen-bond acceptors (Lipinski definition) is 0. The zero-order chi connectivity index (χ0) is 19.7. The van der Waals surface area contributed by atoms with Gasteiger partial charge in [0.05, 0.1) is 12.6 Å². The number of aromatic nitrogens is 2. The molecule has 0 amide bonds. The van der Waals surface area contributed by atoms with Crippen LogP contribution in [0.25, 0.3) is 28.2 Å². The highest BCUT2D eigenvalue weighted by Crippen LogP contribution is 2.31. The molecule has 4 rings (SSSR count). The van der Waals surface area contributed by atoms with Crippen molar-refractivity contribution >= 4 is 0 Å². The molecule has 0 bridgehead atoms. The Bertz CT molecular complexity index is 1100. The van der Waals surface area contributed by atoms with E-state index in [2.05, 4.69) is 122 Å². The monoisotopic (exact) mass is 367 g/mol. The summed E-state index contributed by atoms with van der Waals surface area (Å²) >= 11 is 0. The largest absolute Gasteiger partial charge is 0.294 e. The predicted molar refractivity (Wildman–Crippen MR) is 117 cm³/mol. The highest BCUT2D eigenvalue weighted by molar-refractivity contribution is 5.72. The fourth-order valence-corrected chi connectivity index (χ4v) is 3.86. The van der Waals surface area contributed by atoms with Crippen molar-refractivity contribution in [3.05, 3.63) is 96.3 Å². The zero-order valence-electron chi connectivity index (χ0n) is 17.1. The van der Waals surface area contributed by atoms with Gasteiger partial charge in [-0.25, -0.2) is 4.57 Å². The summed E-state index contributed by atoms with van der Waals surface area (Å²) in [5.74, 6) is 1.66. The number of hydrogen-bond donors (Lipinski definition) is 0. The van der Waals surface area contributed by atoms with Gasteiger partial charge >= 0.3 is 0 Å². The van der Waals surface area contributed by atoms with Crippen LogP contribution in [0.15, 0.2) is 85.2 Å². The van der Waals surface area contributed by atoms with Crippen LogP contribution in [0.3, 0.4) is 0 Å². The molecule has 0 spiro atoms. The Hall–Kier alpha value is -3.13. The summed E-state index contributed by atoms with van der Waals surface area (Å²) in [5, 5.41) is 0. The first-order valence-corrected chi connectivity index (χ1v) is 9.89. The average Bonchev–Trinajstić information content (AvgIpc) is 3.10. The molecule has 2 heteroatoms. The van der Waals surface area contributed by atoms with E-state index in [9.17, 15) is 0 Å². The topological polar surface area (TPSA) is 8.81 Å². The van der Waals surface area contributed by atoms with Gasteiger partial charge in [-0.1, -0.05) is 74.5 Å². The van der Waals surface area contributed by atoms with Crippen LogP contribution in [0, 0.1) is 6.92 Å². The van der Waals surface area contributed by atoms with E-state index >= 15 is 0 Å². The molecule has 140 valence electrons. The Morgan fingerprint density at radius 1 is 0.821 bits per heavy atom. The molecular formula is C26H27N2+. The molecule has 0 N–H and O–H groups in total. The van der Waals surface area contributed by atoms with E-state index in [1.807, 2.05) is 0 Å². The van der Waals surface area contributed by atoms with E-state index in [4.69, 9.17) is 0 Å². The summed E-state index contributed by atoms with van der Waals surface area (Å²) in [4.78, 5) is 0. The van der Waals surface area contributed by atoms with E-state index < -0.39 is 0 Å².